The van der Waals surface area contributed by atoms with Crippen molar-refractivity contribution in [2.24, 2.45) is 0 Å². The van der Waals surface area contributed by atoms with Crippen molar-refractivity contribution in [1.29, 1.82) is 0 Å². The Morgan fingerprint density at radius 1 is 1.40 bits per heavy atom. The van der Waals surface area contributed by atoms with Crippen LogP contribution in [0.3, 0.4) is 0 Å². The average molecular weight is 237 g/mol. The summed E-state index contributed by atoms with van der Waals surface area (Å²) in [7, 11) is 0. The van der Waals surface area contributed by atoms with Gasteiger partial charge in [0, 0.05) is 5.41 Å². The number of thioether (sulfide) groups is 1. The molecule has 0 saturated heterocycles. The van der Waals surface area contributed by atoms with E-state index in [0.717, 1.165) is 9.99 Å². The normalized spacial score (nSPS) is 18.3. The highest BCUT2D eigenvalue weighted by molar-refractivity contribution is 8.00. The molecule has 1 fully saturated rings. The van der Waals surface area contributed by atoms with Gasteiger partial charge in [0.15, 0.2) is 9.99 Å². The van der Waals surface area contributed by atoms with Gasteiger partial charge in [-0.25, -0.2) is 15.0 Å². The monoisotopic (exact) mass is 237 g/mol. The average Bonchev–Trinajstić information content (AvgIpc) is 2.85. The summed E-state index contributed by atoms with van der Waals surface area (Å²) in [6, 6.07) is 0. The summed E-state index contributed by atoms with van der Waals surface area (Å²) in [5.74, 6) is 0. The molecule has 15 heavy (non-hydrogen) atoms. The second-order valence-corrected chi connectivity index (χ2v) is 6.17. The SMILES string of the molecule is CSc1nc2ncnc(C3(C)CC3)c2s1. The Morgan fingerprint density at radius 3 is 2.87 bits per heavy atom. The molecule has 1 saturated carbocycles. The van der Waals surface area contributed by atoms with Crippen molar-refractivity contribution >= 4 is 33.4 Å². The molecule has 2 aromatic rings. The molecule has 1 aliphatic rings. The van der Waals surface area contributed by atoms with Gasteiger partial charge in [-0.05, 0) is 19.1 Å². The topological polar surface area (TPSA) is 38.7 Å². The van der Waals surface area contributed by atoms with Crippen LogP contribution in [0.25, 0.3) is 10.3 Å². The molecule has 0 radical (unpaired) electrons. The molecule has 0 atom stereocenters. The fourth-order valence-electron chi connectivity index (χ4n) is 1.68. The molecule has 3 nitrogen and oxygen atoms in total. The first kappa shape index (κ1) is 9.54. The second kappa shape index (κ2) is 3.15. The highest BCUT2D eigenvalue weighted by atomic mass is 32.2. The van der Waals surface area contributed by atoms with E-state index < -0.39 is 0 Å². The van der Waals surface area contributed by atoms with Crippen LogP contribution in [0.4, 0.5) is 0 Å². The van der Waals surface area contributed by atoms with Crippen molar-refractivity contribution in [3.8, 4) is 0 Å². The Hall–Kier alpha value is -0.680. The molecule has 2 heterocycles. The minimum absolute atomic E-state index is 0.295. The Morgan fingerprint density at radius 2 is 2.20 bits per heavy atom. The zero-order chi connectivity index (χ0) is 10.5. The molecule has 3 rings (SSSR count). The first-order valence-electron chi connectivity index (χ1n) is 4.89. The molecule has 0 aliphatic heterocycles. The summed E-state index contributed by atoms with van der Waals surface area (Å²) in [6.45, 7) is 2.27. The molecule has 0 N–H and O–H groups in total. The summed E-state index contributed by atoms with van der Waals surface area (Å²) in [5.41, 5.74) is 2.36. The number of aromatic nitrogens is 3. The van der Waals surface area contributed by atoms with Crippen molar-refractivity contribution < 1.29 is 0 Å². The molecule has 0 amide bonds. The highest BCUT2D eigenvalue weighted by Crippen LogP contribution is 2.49. The lowest BCUT2D eigenvalue weighted by Crippen LogP contribution is -2.03. The van der Waals surface area contributed by atoms with Crippen LogP contribution in [-0.2, 0) is 5.41 Å². The van der Waals surface area contributed by atoms with E-state index in [1.807, 2.05) is 6.26 Å². The van der Waals surface area contributed by atoms with E-state index in [0.29, 0.717) is 5.41 Å². The summed E-state index contributed by atoms with van der Waals surface area (Å²) >= 11 is 3.39. The lowest BCUT2D eigenvalue weighted by atomic mass is 10.1. The molecule has 0 aromatic carbocycles. The highest BCUT2D eigenvalue weighted by Gasteiger charge is 2.42. The molecule has 1 aliphatic carbocycles. The minimum Gasteiger partial charge on any atom is -0.239 e. The van der Waals surface area contributed by atoms with E-state index in [4.69, 9.17) is 0 Å². The van der Waals surface area contributed by atoms with Crippen LogP contribution in [0.1, 0.15) is 25.5 Å². The molecule has 2 aromatic heterocycles. The Kier molecular flexibility index (Phi) is 2.01. The fraction of sp³-hybridized carbons (Fsp3) is 0.500. The maximum Gasteiger partial charge on any atom is 0.175 e. The van der Waals surface area contributed by atoms with Crippen molar-refractivity contribution in [2.75, 3.05) is 6.26 Å². The maximum absolute atomic E-state index is 4.46. The Labute approximate surface area is 96.4 Å². The van der Waals surface area contributed by atoms with Crippen LogP contribution >= 0.6 is 23.1 Å². The fourth-order valence-corrected chi connectivity index (χ4v) is 3.33. The molecular weight excluding hydrogens is 226 g/mol. The number of thiazole rings is 1. The molecular formula is C10H11N3S2. The third-order valence-corrected chi connectivity index (χ3v) is 4.95. The van der Waals surface area contributed by atoms with Gasteiger partial charge < -0.3 is 0 Å². The summed E-state index contributed by atoms with van der Waals surface area (Å²) in [5, 5.41) is 0. The third-order valence-electron chi connectivity index (χ3n) is 2.92. The second-order valence-electron chi connectivity index (χ2n) is 4.12. The summed E-state index contributed by atoms with van der Waals surface area (Å²) in [4.78, 5) is 13.1. The smallest absolute Gasteiger partial charge is 0.175 e. The van der Waals surface area contributed by atoms with Crippen LogP contribution < -0.4 is 0 Å². The third kappa shape index (κ3) is 1.45. The van der Waals surface area contributed by atoms with Gasteiger partial charge in [0.25, 0.3) is 0 Å². The maximum atomic E-state index is 4.46. The van der Waals surface area contributed by atoms with E-state index in [-0.39, 0.29) is 0 Å². The van der Waals surface area contributed by atoms with E-state index >= 15 is 0 Å². The standard InChI is InChI=1S/C10H11N3S2/c1-10(3-4-10)7-6-8(12-5-11-7)13-9(14-2)15-6/h5H,3-4H2,1-2H3. The molecule has 5 heteroatoms. The van der Waals surface area contributed by atoms with E-state index in [1.54, 1.807) is 29.4 Å². The van der Waals surface area contributed by atoms with Gasteiger partial charge in [0.2, 0.25) is 0 Å². The van der Waals surface area contributed by atoms with Crippen molar-refractivity contribution in [3.05, 3.63) is 12.0 Å². The summed E-state index contributed by atoms with van der Waals surface area (Å²) < 4.78 is 2.26. The predicted molar refractivity (Wildman–Crippen MR) is 63.6 cm³/mol. The van der Waals surface area contributed by atoms with E-state index in [1.165, 1.54) is 23.2 Å². The van der Waals surface area contributed by atoms with Gasteiger partial charge in [-0.3, -0.25) is 0 Å². The number of hydrogen-bond acceptors (Lipinski definition) is 5. The van der Waals surface area contributed by atoms with Crippen LogP contribution in [0, 0.1) is 0 Å². The van der Waals surface area contributed by atoms with Gasteiger partial charge in [-0.1, -0.05) is 18.7 Å². The first-order valence-corrected chi connectivity index (χ1v) is 6.93. The molecule has 0 unspecified atom stereocenters. The lowest BCUT2D eigenvalue weighted by molar-refractivity contribution is 0.758. The minimum atomic E-state index is 0.295. The Bertz CT molecular complexity index is 516. The Balaban J connectivity index is 2.25. The summed E-state index contributed by atoms with van der Waals surface area (Å²) in [6.07, 6.45) is 6.17. The number of rotatable bonds is 2. The van der Waals surface area contributed by atoms with Crippen molar-refractivity contribution in [1.82, 2.24) is 15.0 Å². The molecule has 0 bridgehead atoms. The van der Waals surface area contributed by atoms with Crippen LogP contribution in [0.2, 0.25) is 0 Å². The number of hydrogen-bond donors (Lipinski definition) is 0. The zero-order valence-corrected chi connectivity index (χ0v) is 10.3. The van der Waals surface area contributed by atoms with Crippen LogP contribution in [0.5, 0.6) is 0 Å². The number of fused-ring (bicyclic) bond motifs is 1. The first-order chi connectivity index (χ1) is 7.23. The largest absolute Gasteiger partial charge is 0.239 e. The lowest BCUT2D eigenvalue weighted by Gasteiger charge is -2.06. The van der Waals surface area contributed by atoms with Crippen LogP contribution in [-0.4, -0.2) is 21.2 Å². The van der Waals surface area contributed by atoms with Gasteiger partial charge in [0.05, 0.1) is 10.4 Å². The van der Waals surface area contributed by atoms with E-state index in [2.05, 4.69) is 21.9 Å². The predicted octanol–water partition coefficient (Wildman–Crippen LogP) is 2.86. The van der Waals surface area contributed by atoms with Crippen molar-refractivity contribution in [3.63, 3.8) is 0 Å². The number of nitrogens with zero attached hydrogens (tertiary/aromatic N) is 3. The van der Waals surface area contributed by atoms with E-state index in [9.17, 15) is 0 Å². The molecule has 0 spiro atoms. The van der Waals surface area contributed by atoms with Crippen molar-refractivity contribution in [2.45, 2.75) is 29.5 Å². The zero-order valence-electron chi connectivity index (χ0n) is 8.65. The van der Waals surface area contributed by atoms with Gasteiger partial charge in [-0.2, -0.15) is 0 Å². The van der Waals surface area contributed by atoms with Gasteiger partial charge in [0.1, 0.15) is 6.33 Å². The van der Waals surface area contributed by atoms with Gasteiger partial charge >= 0.3 is 0 Å². The molecule has 78 valence electrons. The van der Waals surface area contributed by atoms with Gasteiger partial charge in [-0.15, -0.1) is 11.3 Å². The quantitative estimate of drug-likeness (QED) is 0.753. The van der Waals surface area contributed by atoms with Crippen LogP contribution in [0.15, 0.2) is 10.7 Å².